The Balaban J connectivity index is 2.05. The van der Waals surface area contributed by atoms with Crippen LogP contribution in [0.15, 0.2) is 45.5 Å². The SMILES string of the molecule is CCC(COC)NC(=O)c1cccc(NC(=O)c2ccc(Br)o2)c1. The summed E-state index contributed by atoms with van der Waals surface area (Å²) in [5.74, 6) is -0.414. The van der Waals surface area contributed by atoms with Crippen LogP contribution >= 0.6 is 15.9 Å². The van der Waals surface area contributed by atoms with Crippen LogP contribution in [0.2, 0.25) is 0 Å². The molecule has 0 aliphatic heterocycles. The zero-order valence-electron chi connectivity index (χ0n) is 13.5. The molecule has 2 N–H and O–H groups in total. The molecule has 0 radical (unpaired) electrons. The summed E-state index contributed by atoms with van der Waals surface area (Å²) in [5.41, 5.74) is 0.975. The van der Waals surface area contributed by atoms with E-state index in [-0.39, 0.29) is 23.6 Å². The van der Waals surface area contributed by atoms with Crippen LogP contribution in [0.4, 0.5) is 5.69 Å². The minimum absolute atomic E-state index is 0.0544. The van der Waals surface area contributed by atoms with E-state index in [0.717, 1.165) is 6.42 Å². The summed E-state index contributed by atoms with van der Waals surface area (Å²) in [6.07, 6.45) is 0.767. The van der Waals surface area contributed by atoms with Gasteiger partial charge in [0.05, 0.1) is 12.6 Å². The van der Waals surface area contributed by atoms with Gasteiger partial charge in [-0.3, -0.25) is 9.59 Å². The van der Waals surface area contributed by atoms with Crippen LogP contribution < -0.4 is 10.6 Å². The van der Waals surface area contributed by atoms with E-state index < -0.39 is 0 Å². The van der Waals surface area contributed by atoms with Gasteiger partial charge in [0.15, 0.2) is 10.4 Å². The average molecular weight is 395 g/mol. The van der Waals surface area contributed by atoms with Crippen molar-refractivity contribution in [3.8, 4) is 0 Å². The molecule has 6 nitrogen and oxygen atoms in total. The highest BCUT2D eigenvalue weighted by Crippen LogP contribution is 2.17. The van der Waals surface area contributed by atoms with Crippen molar-refractivity contribution in [3.63, 3.8) is 0 Å². The number of anilines is 1. The fourth-order valence-corrected chi connectivity index (χ4v) is 2.41. The molecule has 1 aromatic carbocycles. The molecule has 2 amide bonds. The first-order chi connectivity index (χ1) is 11.5. The Morgan fingerprint density at radius 3 is 2.67 bits per heavy atom. The molecule has 128 valence electrons. The first-order valence-electron chi connectivity index (χ1n) is 7.50. The second kappa shape index (κ2) is 8.65. The lowest BCUT2D eigenvalue weighted by Crippen LogP contribution is -2.37. The number of hydrogen-bond donors (Lipinski definition) is 2. The van der Waals surface area contributed by atoms with E-state index in [1.54, 1.807) is 43.5 Å². The van der Waals surface area contributed by atoms with Crippen molar-refractivity contribution >= 4 is 33.4 Å². The quantitative estimate of drug-likeness (QED) is 0.753. The Morgan fingerprint density at radius 1 is 1.25 bits per heavy atom. The molecular formula is C17H19BrN2O4. The average Bonchev–Trinajstić information content (AvgIpc) is 3.01. The normalized spacial score (nSPS) is 11.8. The molecule has 24 heavy (non-hydrogen) atoms. The van der Waals surface area contributed by atoms with Crippen molar-refractivity contribution in [1.82, 2.24) is 5.32 Å². The zero-order valence-corrected chi connectivity index (χ0v) is 15.1. The number of benzene rings is 1. The van der Waals surface area contributed by atoms with Crippen molar-refractivity contribution in [1.29, 1.82) is 0 Å². The Hall–Kier alpha value is -2.12. The molecule has 0 bridgehead atoms. The van der Waals surface area contributed by atoms with Gasteiger partial charge in [0.1, 0.15) is 0 Å². The summed E-state index contributed by atoms with van der Waals surface area (Å²) in [7, 11) is 1.60. The first kappa shape index (κ1) is 18.2. The number of nitrogens with one attached hydrogen (secondary N) is 2. The summed E-state index contributed by atoms with van der Waals surface area (Å²) in [6.45, 7) is 2.42. The molecule has 0 aliphatic rings. The van der Waals surface area contributed by atoms with Crippen LogP contribution in [0, 0.1) is 0 Å². The summed E-state index contributed by atoms with van der Waals surface area (Å²) in [6, 6.07) is 9.87. The highest BCUT2D eigenvalue weighted by Gasteiger charge is 2.14. The number of rotatable bonds is 7. The molecular weight excluding hydrogens is 376 g/mol. The predicted molar refractivity (Wildman–Crippen MR) is 94.2 cm³/mol. The molecule has 1 aromatic heterocycles. The number of hydrogen-bond acceptors (Lipinski definition) is 4. The van der Waals surface area contributed by atoms with Crippen molar-refractivity contribution in [2.45, 2.75) is 19.4 Å². The number of carbonyl (C=O) groups excluding carboxylic acids is 2. The van der Waals surface area contributed by atoms with Crippen LogP contribution in [0.5, 0.6) is 0 Å². The fourth-order valence-electron chi connectivity index (χ4n) is 2.10. The lowest BCUT2D eigenvalue weighted by Gasteiger charge is -2.16. The standard InChI is InChI=1S/C17H19BrN2O4/c1-3-12(10-23-2)19-16(21)11-5-4-6-13(9-11)20-17(22)14-7-8-15(18)24-14/h4-9,12H,3,10H2,1-2H3,(H,19,21)(H,20,22). The smallest absolute Gasteiger partial charge is 0.291 e. The summed E-state index contributed by atoms with van der Waals surface area (Å²) in [4.78, 5) is 24.4. The second-order valence-electron chi connectivity index (χ2n) is 5.17. The van der Waals surface area contributed by atoms with Gasteiger partial charge in [-0.05, 0) is 52.7 Å². The van der Waals surface area contributed by atoms with E-state index in [4.69, 9.17) is 9.15 Å². The largest absolute Gasteiger partial charge is 0.444 e. The zero-order chi connectivity index (χ0) is 17.5. The highest BCUT2D eigenvalue weighted by molar-refractivity contribution is 9.10. The molecule has 1 atom stereocenters. The number of methoxy groups -OCH3 is 1. The van der Waals surface area contributed by atoms with Crippen molar-refractivity contribution in [3.05, 3.63) is 52.4 Å². The van der Waals surface area contributed by atoms with Gasteiger partial charge in [-0.15, -0.1) is 0 Å². The van der Waals surface area contributed by atoms with Gasteiger partial charge in [0, 0.05) is 18.4 Å². The van der Waals surface area contributed by atoms with E-state index in [1.807, 2.05) is 6.92 Å². The Morgan fingerprint density at radius 2 is 2.04 bits per heavy atom. The molecule has 1 unspecified atom stereocenters. The number of carbonyl (C=O) groups is 2. The van der Waals surface area contributed by atoms with E-state index in [2.05, 4.69) is 26.6 Å². The molecule has 0 aliphatic carbocycles. The van der Waals surface area contributed by atoms with E-state index in [0.29, 0.717) is 22.5 Å². The van der Waals surface area contributed by atoms with Gasteiger partial charge >= 0.3 is 0 Å². The van der Waals surface area contributed by atoms with Gasteiger partial charge in [0.2, 0.25) is 0 Å². The summed E-state index contributed by atoms with van der Waals surface area (Å²) >= 11 is 3.15. The molecule has 0 saturated heterocycles. The minimum atomic E-state index is -0.385. The predicted octanol–water partition coefficient (Wildman–Crippen LogP) is 3.45. The minimum Gasteiger partial charge on any atom is -0.444 e. The van der Waals surface area contributed by atoms with Gasteiger partial charge in [-0.1, -0.05) is 13.0 Å². The molecule has 2 aromatic rings. The third-order valence-electron chi connectivity index (χ3n) is 3.38. The molecule has 0 saturated carbocycles. The van der Waals surface area contributed by atoms with Crippen molar-refractivity contribution < 1.29 is 18.7 Å². The maximum absolute atomic E-state index is 12.3. The van der Waals surface area contributed by atoms with Crippen molar-refractivity contribution in [2.75, 3.05) is 19.0 Å². The third kappa shape index (κ3) is 4.94. The third-order valence-corrected chi connectivity index (χ3v) is 3.80. The number of ether oxygens (including phenoxy) is 1. The summed E-state index contributed by atoms with van der Waals surface area (Å²) in [5, 5.41) is 5.60. The molecule has 2 rings (SSSR count). The second-order valence-corrected chi connectivity index (χ2v) is 5.95. The van der Waals surface area contributed by atoms with Crippen LogP contribution in [-0.2, 0) is 4.74 Å². The van der Waals surface area contributed by atoms with Crippen LogP contribution in [0.3, 0.4) is 0 Å². The van der Waals surface area contributed by atoms with E-state index >= 15 is 0 Å². The van der Waals surface area contributed by atoms with Crippen LogP contribution in [0.1, 0.15) is 34.3 Å². The highest BCUT2D eigenvalue weighted by atomic mass is 79.9. The summed E-state index contributed by atoms with van der Waals surface area (Å²) < 4.78 is 10.8. The Labute approximate surface area is 148 Å². The van der Waals surface area contributed by atoms with Gasteiger partial charge < -0.3 is 19.8 Å². The monoisotopic (exact) mass is 394 g/mol. The fraction of sp³-hybridized carbons (Fsp3) is 0.294. The lowest BCUT2D eigenvalue weighted by molar-refractivity contribution is 0.0894. The van der Waals surface area contributed by atoms with Gasteiger partial charge in [-0.25, -0.2) is 0 Å². The van der Waals surface area contributed by atoms with E-state index in [1.165, 1.54) is 0 Å². The van der Waals surface area contributed by atoms with Gasteiger partial charge in [-0.2, -0.15) is 0 Å². The van der Waals surface area contributed by atoms with E-state index in [9.17, 15) is 9.59 Å². The number of amides is 2. The molecule has 1 heterocycles. The topological polar surface area (TPSA) is 80.6 Å². The van der Waals surface area contributed by atoms with Crippen molar-refractivity contribution in [2.24, 2.45) is 0 Å². The Kier molecular flexibility index (Phi) is 6.57. The van der Waals surface area contributed by atoms with Crippen LogP contribution in [-0.4, -0.2) is 31.6 Å². The maximum atomic E-state index is 12.3. The maximum Gasteiger partial charge on any atom is 0.291 e. The molecule has 0 fully saturated rings. The first-order valence-corrected chi connectivity index (χ1v) is 8.29. The lowest BCUT2D eigenvalue weighted by atomic mass is 10.1. The van der Waals surface area contributed by atoms with Gasteiger partial charge in [0.25, 0.3) is 11.8 Å². The number of furan rings is 1. The van der Waals surface area contributed by atoms with Crippen LogP contribution in [0.25, 0.3) is 0 Å². The molecule has 7 heteroatoms. The molecule has 0 spiro atoms. The Bertz CT molecular complexity index is 714. The number of halogens is 1.